The maximum absolute atomic E-state index is 12.8. The monoisotopic (exact) mass is 481 g/mol. The number of anilines is 1. The van der Waals surface area contributed by atoms with Gasteiger partial charge in [0.1, 0.15) is 5.75 Å². The smallest absolute Gasteiger partial charge is 0.270 e. The number of rotatable bonds is 5. The largest absolute Gasteiger partial charge is 0.492 e. The molecule has 0 N–H and O–H groups in total. The minimum absolute atomic E-state index is 0.150. The van der Waals surface area contributed by atoms with E-state index in [4.69, 9.17) is 28.6 Å². The van der Waals surface area contributed by atoms with E-state index in [1.807, 2.05) is 30.3 Å². The second-order valence-corrected chi connectivity index (χ2v) is 9.36. The second-order valence-electron chi connectivity index (χ2n) is 6.39. The first kappa shape index (κ1) is 20.4. The predicted molar refractivity (Wildman–Crippen MR) is 122 cm³/mol. The number of nitrogens with zero attached hydrogens (tertiary/aromatic N) is 1. The van der Waals surface area contributed by atoms with Gasteiger partial charge in [0.2, 0.25) is 0 Å². The van der Waals surface area contributed by atoms with Gasteiger partial charge in [0, 0.05) is 5.02 Å². The molecule has 1 aliphatic heterocycles. The first-order valence-electron chi connectivity index (χ1n) is 8.31. The molecule has 0 bridgehead atoms. The van der Waals surface area contributed by atoms with E-state index in [9.17, 15) is 4.79 Å². The average Bonchev–Trinajstić information content (AvgIpc) is 2.87. The van der Waals surface area contributed by atoms with Crippen LogP contribution in [0.2, 0.25) is 5.02 Å². The molecule has 0 aromatic heterocycles. The molecule has 1 aliphatic rings. The fraction of sp³-hybridized carbons (Fsp3) is 0.200. The summed E-state index contributed by atoms with van der Waals surface area (Å²) in [6.45, 7) is 4.85. The fourth-order valence-corrected chi connectivity index (χ4v) is 4.43. The zero-order chi connectivity index (χ0) is 19.6. The molecule has 3 rings (SSSR count). The Labute approximate surface area is 181 Å². The van der Waals surface area contributed by atoms with Gasteiger partial charge in [-0.05, 0) is 63.8 Å². The van der Waals surface area contributed by atoms with Crippen LogP contribution in [0.4, 0.5) is 5.69 Å². The molecule has 1 fully saturated rings. The van der Waals surface area contributed by atoms with Crippen LogP contribution in [0.5, 0.6) is 5.75 Å². The van der Waals surface area contributed by atoms with Crippen molar-refractivity contribution in [2.75, 3.05) is 11.5 Å². The van der Waals surface area contributed by atoms with Crippen molar-refractivity contribution in [2.24, 2.45) is 5.92 Å². The molecule has 0 aliphatic carbocycles. The number of thioether (sulfide) groups is 1. The molecule has 7 heteroatoms. The molecule has 3 nitrogen and oxygen atoms in total. The minimum Gasteiger partial charge on any atom is -0.492 e. The standard InChI is InChI=1S/C20H17BrClNO2S2/c1-12(2)11-25-17-7-6-13(8-16(17)21)9-18-19(24)23(20(26)27-18)15-5-3-4-14(22)10-15/h3-10,12H,11H2,1-2H3/b18-9-. The maximum atomic E-state index is 12.8. The summed E-state index contributed by atoms with van der Waals surface area (Å²) in [5.41, 5.74) is 1.57. The van der Waals surface area contributed by atoms with E-state index in [1.165, 1.54) is 16.7 Å². The van der Waals surface area contributed by atoms with Crippen molar-refractivity contribution in [3.63, 3.8) is 0 Å². The third-order valence-electron chi connectivity index (χ3n) is 3.69. The van der Waals surface area contributed by atoms with Crippen molar-refractivity contribution in [1.29, 1.82) is 0 Å². The predicted octanol–water partition coefficient (Wildman–Crippen LogP) is 6.54. The Hall–Kier alpha value is -1.34. The molecule has 1 saturated heterocycles. The Morgan fingerprint density at radius 2 is 2.07 bits per heavy atom. The molecule has 27 heavy (non-hydrogen) atoms. The lowest BCUT2D eigenvalue weighted by molar-refractivity contribution is -0.113. The summed E-state index contributed by atoms with van der Waals surface area (Å²) in [6, 6.07) is 12.9. The minimum atomic E-state index is -0.150. The van der Waals surface area contributed by atoms with Gasteiger partial charge in [0.05, 0.1) is 21.7 Å². The van der Waals surface area contributed by atoms with Crippen molar-refractivity contribution >= 4 is 73.5 Å². The van der Waals surface area contributed by atoms with Gasteiger partial charge < -0.3 is 4.74 Å². The Kier molecular flexibility index (Phi) is 6.63. The normalized spacial score (nSPS) is 15.9. The van der Waals surface area contributed by atoms with Crippen LogP contribution in [0.25, 0.3) is 6.08 Å². The zero-order valence-corrected chi connectivity index (χ0v) is 18.7. The van der Waals surface area contributed by atoms with Gasteiger partial charge in [0.15, 0.2) is 4.32 Å². The van der Waals surface area contributed by atoms with Gasteiger partial charge in [-0.15, -0.1) is 0 Å². The van der Waals surface area contributed by atoms with Gasteiger partial charge in [-0.2, -0.15) is 0 Å². The quantitative estimate of drug-likeness (QED) is 0.357. The lowest BCUT2D eigenvalue weighted by Crippen LogP contribution is -2.27. The van der Waals surface area contributed by atoms with Crippen molar-refractivity contribution in [1.82, 2.24) is 0 Å². The number of carbonyl (C=O) groups is 1. The number of halogens is 2. The molecule has 1 heterocycles. The lowest BCUT2D eigenvalue weighted by atomic mass is 10.2. The molecule has 0 saturated carbocycles. The molecule has 2 aromatic rings. The van der Waals surface area contributed by atoms with Crippen LogP contribution in [0.15, 0.2) is 51.8 Å². The number of hydrogen-bond donors (Lipinski definition) is 0. The van der Waals surface area contributed by atoms with Crippen molar-refractivity contribution in [3.05, 3.63) is 62.4 Å². The van der Waals surface area contributed by atoms with Gasteiger partial charge >= 0.3 is 0 Å². The van der Waals surface area contributed by atoms with Crippen molar-refractivity contribution in [3.8, 4) is 5.75 Å². The average molecular weight is 483 g/mol. The number of benzene rings is 2. The zero-order valence-electron chi connectivity index (χ0n) is 14.7. The van der Waals surface area contributed by atoms with Gasteiger partial charge in [-0.3, -0.25) is 9.69 Å². The first-order valence-corrected chi connectivity index (χ1v) is 10.7. The van der Waals surface area contributed by atoms with Crippen molar-refractivity contribution in [2.45, 2.75) is 13.8 Å². The van der Waals surface area contributed by atoms with Crippen LogP contribution in [-0.2, 0) is 4.79 Å². The molecule has 2 aromatic carbocycles. The number of amides is 1. The lowest BCUT2D eigenvalue weighted by Gasteiger charge is -2.14. The summed E-state index contributed by atoms with van der Waals surface area (Å²) < 4.78 is 7.11. The first-order chi connectivity index (χ1) is 12.8. The molecule has 0 unspecified atom stereocenters. The van der Waals surface area contributed by atoms with E-state index in [1.54, 1.807) is 18.2 Å². The Balaban J connectivity index is 1.82. The highest BCUT2D eigenvalue weighted by Gasteiger charge is 2.33. The Morgan fingerprint density at radius 1 is 1.30 bits per heavy atom. The van der Waals surface area contributed by atoms with Crippen LogP contribution < -0.4 is 9.64 Å². The van der Waals surface area contributed by atoms with E-state index < -0.39 is 0 Å². The Morgan fingerprint density at radius 3 is 2.74 bits per heavy atom. The van der Waals surface area contributed by atoms with Crippen molar-refractivity contribution < 1.29 is 9.53 Å². The number of ether oxygens (including phenoxy) is 1. The van der Waals surface area contributed by atoms with E-state index in [-0.39, 0.29) is 5.91 Å². The maximum Gasteiger partial charge on any atom is 0.270 e. The van der Waals surface area contributed by atoms with Crippen LogP contribution in [-0.4, -0.2) is 16.8 Å². The van der Waals surface area contributed by atoms with Gasteiger partial charge in [0.25, 0.3) is 5.91 Å². The summed E-state index contributed by atoms with van der Waals surface area (Å²) in [7, 11) is 0. The molecule has 140 valence electrons. The summed E-state index contributed by atoms with van der Waals surface area (Å²) in [5, 5.41) is 0.562. The second kappa shape index (κ2) is 8.78. The molecule has 1 amide bonds. The third kappa shape index (κ3) is 4.93. The summed E-state index contributed by atoms with van der Waals surface area (Å²) in [4.78, 5) is 14.9. The van der Waals surface area contributed by atoms with Crippen LogP contribution in [0.1, 0.15) is 19.4 Å². The molecular weight excluding hydrogens is 466 g/mol. The van der Waals surface area contributed by atoms with E-state index in [0.717, 1.165) is 15.8 Å². The molecule has 0 radical (unpaired) electrons. The summed E-state index contributed by atoms with van der Waals surface area (Å²) in [5.74, 6) is 1.08. The topological polar surface area (TPSA) is 29.5 Å². The Bertz CT molecular complexity index is 930. The van der Waals surface area contributed by atoms with E-state index >= 15 is 0 Å². The highest BCUT2D eigenvalue weighted by Crippen LogP contribution is 2.37. The van der Waals surface area contributed by atoms with E-state index in [0.29, 0.717) is 32.5 Å². The van der Waals surface area contributed by atoms with Crippen LogP contribution >= 0.6 is 51.5 Å². The highest BCUT2D eigenvalue weighted by molar-refractivity contribution is 9.10. The summed E-state index contributed by atoms with van der Waals surface area (Å²) in [6.07, 6.45) is 1.83. The number of hydrogen-bond acceptors (Lipinski definition) is 4. The van der Waals surface area contributed by atoms with E-state index in [2.05, 4.69) is 29.8 Å². The summed E-state index contributed by atoms with van der Waals surface area (Å²) >= 11 is 16.3. The SMILES string of the molecule is CC(C)COc1ccc(/C=C2\SC(=S)N(c3cccc(Cl)c3)C2=O)cc1Br. The van der Waals surface area contributed by atoms with Crippen LogP contribution in [0, 0.1) is 5.92 Å². The molecular formula is C20H17BrClNO2S2. The van der Waals surface area contributed by atoms with Crippen LogP contribution in [0.3, 0.4) is 0 Å². The highest BCUT2D eigenvalue weighted by atomic mass is 79.9. The van der Waals surface area contributed by atoms with Gasteiger partial charge in [-0.25, -0.2) is 0 Å². The number of thiocarbonyl (C=S) groups is 1. The molecule has 0 spiro atoms. The molecule has 0 atom stereocenters. The third-order valence-corrected chi connectivity index (χ3v) is 5.84. The fourth-order valence-electron chi connectivity index (χ4n) is 2.44. The van der Waals surface area contributed by atoms with Gasteiger partial charge in [-0.1, -0.05) is 61.6 Å². The number of carbonyl (C=O) groups excluding carboxylic acids is 1.